The van der Waals surface area contributed by atoms with Crippen LogP contribution >= 0.6 is 11.3 Å². The van der Waals surface area contributed by atoms with Crippen molar-refractivity contribution in [2.75, 3.05) is 13.2 Å². The van der Waals surface area contributed by atoms with E-state index in [-0.39, 0.29) is 5.75 Å². The molecule has 9 heteroatoms. The monoisotopic (exact) mass is 460 g/mol. The van der Waals surface area contributed by atoms with E-state index in [4.69, 9.17) is 14.6 Å². The molecule has 4 rings (SSSR count). The van der Waals surface area contributed by atoms with Crippen molar-refractivity contribution in [2.45, 2.75) is 36.9 Å². The second-order valence-electron chi connectivity index (χ2n) is 7.73. The number of carbonyl (C=O) groups is 1. The molecule has 1 aromatic heterocycles. The maximum absolute atomic E-state index is 11.0. The Morgan fingerprint density at radius 1 is 1.03 bits per heavy atom. The summed E-state index contributed by atoms with van der Waals surface area (Å²) in [5.74, 6) is -0.990. The van der Waals surface area contributed by atoms with Crippen LogP contribution in [0.5, 0.6) is 5.75 Å². The van der Waals surface area contributed by atoms with Crippen LogP contribution in [0.25, 0.3) is 10.1 Å². The summed E-state index contributed by atoms with van der Waals surface area (Å²) in [5.41, 5.74) is 1.20. The molecule has 1 aliphatic heterocycles. The number of aliphatic hydroxyl groups excluding tert-OH is 4. The van der Waals surface area contributed by atoms with Gasteiger partial charge in [-0.3, -0.25) is 0 Å². The second kappa shape index (κ2) is 9.53. The molecule has 1 saturated heterocycles. The lowest BCUT2D eigenvalue weighted by Gasteiger charge is -2.40. The number of carboxylic acid groups (broad SMARTS) is 1. The van der Waals surface area contributed by atoms with Crippen LogP contribution in [0.4, 0.5) is 0 Å². The van der Waals surface area contributed by atoms with Crippen molar-refractivity contribution in [3.05, 3.63) is 64.5 Å². The minimum atomic E-state index is -1.55. The highest BCUT2D eigenvalue weighted by Crippen LogP contribution is 2.38. The normalized spacial score (nSPS) is 25.7. The summed E-state index contributed by atoms with van der Waals surface area (Å²) < 4.78 is 12.2. The number of benzene rings is 2. The molecule has 0 aliphatic carbocycles. The van der Waals surface area contributed by atoms with Gasteiger partial charge in [0.05, 0.1) is 6.61 Å². The van der Waals surface area contributed by atoms with E-state index >= 15 is 0 Å². The van der Waals surface area contributed by atoms with Gasteiger partial charge in [-0.05, 0) is 35.2 Å². The van der Waals surface area contributed by atoms with E-state index in [0.29, 0.717) is 12.0 Å². The second-order valence-corrected chi connectivity index (χ2v) is 8.90. The van der Waals surface area contributed by atoms with Gasteiger partial charge in [0.1, 0.15) is 36.3 Å². The molecule has 2 heterocycles. The molecule has 1 aliphatic rings. The molecule has 1 fully saturated rings. The first-order valence-electron chi connectivity index (χ1n) is 10.1. The van der Waals surface area contributed by atoms with Crippen molar-refractivity contribution < 1.29 is 39.8 Å². The highest BCUT2D eigenvalue weighted by molar-refractivity contribution is 7.19. The number of aliphatic carboxylic acids is 1. The van der Waals surface area contributed by atoms with E-state index in [0.717, 1.165) is 20.5 Å². The first kappa shape index (κ1) is 22.7. The predicted octanol–water partition coefficient (Wildman–Crippen LogP) is 1.47. The van der Waals surface area contributed by atoms with Gasteiger partial charge in [0.2, 0.25) is 0 Å². The molecule has 0 bridgehead atoms. The lowest BCUT2D eigenvalue weighted by Crippen LogP contribution is -2.55. The Kier molecular flexibility index (Phi) is 6.75. The summed E-state index contributed by atoms with van der Waals surface area (Å²) in [6, 6.07) is 15.3. The Hall–Kier alpha value is -2.53. The molecule has 3 aromatic rings. The fraction of sp³-hybridized carbons (Fsp3) is 0.348. The van der Waals surface area contributed by atoms with Crippen LogP contribution < -0.4 is 4.74 Å². The number of aliphatic hydroxyl groups is 4. The lowest BCUT2D eigenvalue weighted by atomic mass is 9.90. The van der Waals surface area contributed by atoms with Crippen molar-refractivity contribution in [3.8, 4) is 5.75 Å². The van der Waals surface area contributed by atoms with Crippen molar-refractivity contribution in [3.63, 3.8) is 0 Å². The summed E-state index contributed by atoms with van der Waals surface area (Å²) in [7, 11) is 0. The number of hydrogen-bond donors (Lipinski definition) is 5. The molecule has 0 spiro atoms. The van der Waals surface area contributed by atoms with E-state index in [1.54, 1.807) is 29.5 Å². The maximum atomic E-state index is 11.0. The van der Waals surface area contributed by atoms with Gasteiger partial charge in [-0.25, -0.2) is 4.79 Å². The summed E-state index contributed by atoms with van der Waals surface area (Å²) in [5, 5.41) is 50.5. The standard InChI is InChI=1S/C23H24O8S/c24-10-17-20(27)21(28)22(29)23(31-17)15-8-12(5-6-16(15)30-11-19(25)26)7-14-9-13-3-1-2-4-18(13)32-14/h1-6,8-9,17,20-24,27-29H,7,10-11H2,(H,25,26)/t17-,20-,21+,22-,23+/m1/s1. The van der Waals surface area contributed by atoms with Crippen molar-refractivity contribution in [1.82, 2.24) is 0 Å². The zero-order valence-corrected chi connectivity index (χ0v) is 17.8. The fourth-order valence-electron chi connectivity index (χ4n) is 3.88. The number of hydrogen-bond acceptors (Lipinski definition) is 8. The van der Waals surface area contributed by atoms with Gasteiger partial charge in [-0.15, -0.1) is 11.3 Å². The van der Waals surface area contributed by atoms with Gasteiger partial charge in [0.25, 0.3) is 0 Å². The smallest absolute Gasteiger partial charge is 0.341 e. The molecular formula is C23H24O8S. The molecule has 0 saturated carbocycles. The molecule has 8 nitrogen and oxygen atoms in total. The Morgan fingerprint density at radius 3 is 2.53 bits per heavy atom. The Morgan fingerprint density at radius 2 is 1.81 bits per heavy atom. The largest absolute Gasteiger partial charge is 0.482 e. The van der Waals surface area contributed by atoms with Crippen molar-refractivity contribution in [1.29, 1.82) is 0 Å². The zero-order chi connectivity index (χ0) is 22.8. The Labute approximate surface area is 187 Å². The average Bonchev–Trinajstić information content (AvgIpc) is 3.19. The third kappa shape index (κ3) is 4.63. The summed E-state index contributed by atoms with van der Waals surface area (Å²) in [4.78, 5) is 12.1. The van der Waals surface area contributed by atoms with Crippen LogP contribution in [0.2, 0.25) is 0 Å². The Balaban J connectivity index is 1.68. The summed E-state index contributed by atoms with van der Waals surface area (Å²) in [6.45, 7) is -1.16. The molecule has 170 valence electrons. The van der Waals surface area contributed by atoms with Gasteiger partial charge < -0.3 is 35.0 Å². The average molecular weight is 461 g/mol. The summed E-state index contributed by atoms with van der Waals surface area (Å²) in [6.07, 6.45) is -6.17. The van der Waals surface area contributed by atoms with E-state index in [2.05, 4.69) is 6.07 Å². The molecule has 0 unspecified atom stereocenters. The maximum Gasteiger partial charge on any atom is 0.341 e. The summed E-state index contributed by atoms with van der Waals surface area (Å²) >= 11 is 1.66. The number of rotatable bonds is 7. The number of fused-ring (bicyclic) bond motifs is 1. The zero-order valence-electron chi connectivity index (χ0n) is 17.0. The molecule has 5 N–H and O–H groups in total. The third-order valence-electron chi connectivity index (χ3n) is 5.48. The van der Waals surface area contributed by atoms with Crippen LogP contribution in [0.1, 0.15) is 22.1 Å². The highest BCUT2D eigenvalue weighted by Gasteiger charge is 2.44. The Bertz CT molecular complexity index is 1060. The number of ether oxygens (including phenoxy) is 2. The molecule has 32 heavy (non-hydrogen) atoms. The predicted molar refractivity (Wildman–Crippen MR) is 117 cm³/mol. The van der Waals surface area contributed by atoms with E-state index in [1.165, 1.54) is 0 Å². The van der Waals surface area contributed by atoms with E-state index in [1.807, 2.05) is 24.3 Å². The van der Waals surface area contributed by atoms with Crippen molar-refractivity contribution >= 4 is 27.4 Å². The minimum Gasteiger partial charge on any atom is -0.482 e. The van der Waals surface area contributed by atoms with Gasteiger partial charge >= 0.3 is 5.97 Å². The first-order chi connectivity index (χ1) is 15.4. The lowest BCUT2D eigenvalue weighted by molar-refractivity contribution is -0.232. The van der Waals surface area contributed by atoms with Gasteiger partial charge in [-0.1, -0.05) is 24.3 Å². The van der Waals surface area contributed by atoms with Crippen LogP contribution in [0.15, 0.2) is 48.5 Å². The topological polar surface area (TPSA) is 137 Å². The molecule has 0 amide bonds. The number of carboxylic acids is 1. The van der Waals surface area contributed by atoms with Crippen LogP contribution in [-0.4, -0.2) is 69.1 Å². The van der Waals surface area contributed by atoms with Gasteiger partial charge in [-0.2, -0.15) is 0 Å². The third-order valence-corrected chi connectivity index (χ3v) is 6.60. The van der Waals surface area contributed by atoms with E-state index < -0.39 is 49.7 Å². The van der Waals surface area contributed by atoms with Crippen LogP contribution in [-0.2, 0) is 16.0 Å². The molecule has 2 aromatic carbocycles. The van der Waals surface area contributed by atoms with Gasteiger partial charge in [0.15, 0.2) is 6.61 Å². The first-order valence-corrected chi connectivity index (χ1v) is 10.9. The SMILES string of the molecule is O=C(O)COc1ccc(Cc2cc3ccccc3s2)cc1[C@@H]1O[C@H](CO)[C@@H](O)[C@H](O)[C@H]1O. The molecule has 0 radical (unpaired) electrons. The van der Waals surface area contributed by atoms with E-state index in [9.17, 15) is 25.2 Å². The van der Waals surface area contributed by atoms with Crippen LogP contribution in [0, 0.1) is 0 Å². The molecular weight excluding hydrogens is 436 g/mol. The number of thiophene rings is 1. The quantitative estimate of drug-likeness (QED) is 0.358. The fourth-order valence-corrected chi connectivity index (χ4v) is 4.98. The van der Waals surface area contributed by atoms with Crippen LogP contribution in [0.3, 0.4) is 0 Å². The minimum absolute atomic E-state index is 0.178. The van der Waals surface area contributed by atoms with Crippen molar-refractivity contribution in [2.24, 2.45) is 0 Å². The van der Waals surface area contributed by atoms with Gasteiger partial charge in [0, 0.05) is 21.6 Å². The highest BCUT2D eigenvalue weighted by atomic mass is 32.1. The molecule has 5 atom stereocenters.